The number of carbonyl (C=O) groups is 2. The molecule has 1 heterocycles. The third kappa shape index (κ3) is 3.70. The van der Waals surface area contributed by atoms with Crippen molar-refractivity contribution in [3.05, 3.63) is 46.1 Å². The van der Waals surface area contributed by atoms with Crippen LogP contribution in [-0.4, -0.2) is 26.0 Å². The highest BCUT2D eigenvalue weighted by atomic mass is 19.4. The number of aromatic nitrogens is 3. The second kappa shape index (κ2) is 6.30. The summed E-state index contributed by atoms with van der Waals surface area (Å²) in [7, 11) is 0.924. The minimum atomic E-state index is -4.79. The predicted molar refractivity (Wildman–Crippen MR) is 77.5 cm³/mol. The van der Waals surface area contributed by atoms with Crippen LogP contribution in [0.2, 0.25) is 0 Å². The van der Waals surface area contributed by atoms with Crippen molar-refractivity contribution in [1.82, 2.24) is 14.3 Å². The van der Waals surface area contributed by atoms with Crippen molar-refractivity contribution in [1.29, 1.82) is 0 Å². The Morgan fingerprint density at radius 1 is 1.21 bits per heavy atom. The molecule has 0 radical (unpaired) electrons. The van der Waals surface area contributed by atoms with E-state index in [1.165, 1.54) is 31.2 Å². The van der Waals surface area contributed by atoms with Gasteiger partial charge in [0.15, 0.2) is 5.78 Å². The molecule has 1 aromatic heterocycles. The van der Waals surface area contributed by atoms with E-state index in [1.54, 1.807) is 0 Å². The number of benzene rings is 1. The summed E-state index contributed by atoms with van der Waals surface area (Å²) in [4.78, 5) is 34.7. The number of amides is 1. The SMILES string of the molecule is CC(=O)c1ccc(NC(=O)Cn2nc(C(F)(F)F)n(C)c2=O)cc1. The molecule has 10 heteroatoms. The van der Waals surface area contributed by atoms with Crippen molar-refractivity contribution < 1.29 is 22.8 Å². The van der Waals surface area contributed by atoms with Crippen LogP contribution in [0.5, 0.6) is 0 Å². The monoisotopic (exact) mass is 342 g/mol. The lowest BCUT2D eigenvalue weighted by Crippen LogP contribution is -2.29. The third-order valence-corrected chi connectivity index (χ3v) is 3.16. The lowest BCUT2D eigenvalue weighted by molar-refractivity contribution is -0.147. The van der Waals surface area contributed by atoms with E-state index in [-0.39, 0.29) is 5.78 Å². The zero-order chi connectivity index (χ0) is 18.1. The van der Waals surface area contributed by atoms with Gasteiger partial charge in [-0.3, -0.25) is 14.2 Å². The number of nitrogens with one attached hydrogen (secondary N) is 1. The number of rotatable bonds is 4. The molecule has 1 N–H and O–H groups in total. The summed E-state index contributed by atoms with van der Waals surface area (Å²) in [5.74, 6) is -2.25. The molecule has 1 amide bonds. The Hall–Kier alpha value is -2.91. The van der Waals surface area contributed by atoms with Crippen LogP contribution in [0.25, 0.3) is 0 Å². The first-order valence-electron chi connectivity index (χ1n) is 6.71. The molecule has 0 aliphatic rings. The Bertz CT molecular complexity index is 834. The number of Topliss-reactive ketones (excluding diaryl/α,β-unsaturated/α-hetero) is 1. The predicted octanol–water partition coefficient (Wildman–Crippen LogP) is 1.44. The van der Waals surface area contributed by atoms with E-state index in [4.69, 9.17) is 0 Å². The Balaban J connectivity index is 2.13. The molecule has 0 spiro atoms. The molecule has 0 bridgehead atoms. The van der Waals surface area contributed by atoms with Crippen molar-refractivity contribution in [3.8, 4) is 0 Å². The first kappa shape index (κ1) is 17.4. The first-order valence-corrected chi connectivity index (χ1v) is 6.71. The number of nitrogens with zero attached hydrogens (tertiary/aromatic N) is 3. The minimum absolute atomic E-state index is 0.146. The summed E-state index contributed by atoms with van der Waals surface area (Å²) < 4.78 is 38.8. The smallest absolute Gasteiger partial charge is 0.324 e. The fraction of sp³-hybridized carbons (Fsp3) is 0.286. The van der Waals surface area contributed by atoms with Gasteiger partial charge in [-0.05, 0) is 31.2 Å². The van der Waals surface area contributed by atoms with Crippen molar-refractivity contribution in [2.75, 3.05) is 5.32 Å². The van der Waals surface area contributed by atoms with Crippen LogP contribution in [0, 0.1) is 0 Å². The van der Waals surface area contributed by atoms with Gasteiger partial charge in [-0.25, -0.2) is 9.48 Å². The van der Waals surface area contributed by atoms with Gasteiger partial charge >= 0.3 is 11.9 Å². The summed E-state index contributed by atoms with van der Waals surface area (Å²) >= 11 is 0. The van der Waals surface area contributed by atoms with E-state index < -0.39 is 30.1 Å². The van der Waals surface area contributed by atoms with Crippen LogP contribution in [0.15, 0.2) is 29.1 Å². The molecule has 7 nitrogen and oxygen atoms in total. The maximum atomic E-state index is 12.7. The van der Waals surface area contributed by atoms with Gasteiger partial charge in [-0.1, -0.05) is 0 Å². The fourth-order valence-electron chi connectivity index (χ4n) is 1.96. The molecule has 0 saturated carbocycles. The summed E-state index contributed by atoms with van der Waals surface area (Å²) in [6.45, 7) is 0.719. The second-order valence-electron chi connectivity index (χ2n) is 5.00. The van der Waals surface area contributed by atoms with Crippen LogP contribution in [-0.2, 0) is 24.6 Å². The van der Waals surface area contributed by atoms with E-state index >= 15 is 0 Å². The van der Waals surface area contributed by atoms with Crippen LogP contribution < -0.4 is 11.0 Å². The number of hydrogen-bond donors (Lipinski definition) is 1. The highest BCUT2D eigenvalue weighted by Gasteiger charge is 2.38. The van der Waals surface area contributed by atoms with E-state index in [9.17, 15) is 27.6 Å². The largest absolute Gasteiger partial charge is 0.451 e. The van der Waals surface area contributed by atoms with Crippen LogP contribution >= 0.6 is 0 Å². The number of carbonyl (C=O) groups excluding carboxylic acids is 2. The molecule has 24 heavy (non-hydrogen) atoms. The molecule has 0 saturated heterocycles. The molecule has 0 fully saturated rings. The van der Waals surface area contributed by atoms with Gasteiger partial charge in [0.1, 0.15) is 6.54 Å². The first-order chi connectivity index (χ1) is 11.1. The Labute approximate surface area is 133 Å². The van der Waals surface area contributed by atoms with Gasteiger partial charge in [-0.2, -0.15) is 13.2 Å². The van der Waals surface area contributed by atoms with E-state index in [2.05, 4.69) is 10.4 Å². The maximum absolute atomic E-state index is 12.7. The van der Waals surface area contributed by atoms with Crippen LogP contribution in [0.1, 0.15) is 23.1 Å². The average molecular weight is 342 g/mol. The summed E-state index contributed by atoms with van der Waals surface area (Å²) in [6.07, 6.45) is -4.79. The van der Waals surface area contributed by atoms with Crippen molar-refractivity contribution >= 4 is 17.4 Å². The Morgan fingerprint density at radius 3 is 2.25 bits per heavy atom. The third-order valence-electron chi connectivity index (χ3n) is 3.16. The summed E-state index contributed by atoms with van der Waals surface area (Å²) in [6, 6.07) is 5.92. The van der Waals surface area contributed by atoms with E-state index in [0.717, 1.165) is 7.05 Å². The average Bonchev–Trinajstić information content (AvgIpc) is 2.76. The molecule has 0 aliphatic carbocycles. The number of anilines is 1. The topological polar surface area (TPSA) is 86.0 Å². The number of halogens is 3. The lowest BCUT2D eigenvalue weighted by Gasteiger charge is -2.05. The standard InChI is InChI=1S/C14H13F3N4O3/c1-8(22)9-3-5-10(6-4-9)18-11(23)7-21-13(24)20(2)12(19-21)14(15,16)17/h3-6H,7H2,1-2H3,(H,18,23). The van der Waals surface area contributed by atoms with Crippen molar-refractivity contribution in [2.24, 2.45) is 7.05 Å². The molecular weight excluding hydrogens is 329 g/mol. The molecule has 0 unspecified atom stereocenters. The highest BCUT2D eigenvalue weighted by Crippen LogP contribution is 2.25. The highest BCUT2D eigenvalue weighted by molar-refractivity contribution is 5.95. The van der Waals surface area contributed by atoms with Crippen LogP contribution in [0.3, 0.4) is 0 Å². The van der Waals surface area contributed by atoms with Gasteiger partial charge in [0.25, 0.3) is 0 Å². The molecule has 128 valence electrons. The Kier molecular flexibility index (Phi) is 4.58. The normalized spacial score (nSPS) is 11.4. The minimum Gasteiger partial charge on any atom is -0.324 e. The van der Waals surface area contributed by atoms with Crippen molar-refractivity contribution in [2.45, 2.75) is 19.6 Å². The molecule has 2 rings (SSSR count). The lowest BCUT2D eigenvalue weighted by atomic mass is 10.1. The molecule has 0 aliphatic heterocycles. The van der Waals surface area contributed by atoms with Crippen LogP contribution in [0.4, 0.5) is 18.9 Å². The number of alkyl halides is 3. The summed E-state index contributed by atoms with van der Waals surface area (Å²) in [5, 5.41) is 5.55. The summed E-state index contributed by atoms with van der Waals surface area (Å²) in [5.41, 5.74) is -0.266. The molecule has 1 aromatic carbocycles. The van der Waals surface area contributed by atoms with Gasteiger partial charge in [-0.15, -0.1) is 5.10 Å². The maximum Gasteiger partial charge on any atom is 0.451 e. The fourth-order valence-corrected chi connectivity index (χ4v) is 1.96. The van der Waals surface area contributed by atoms with Crippen molar-refractivity contribution in [3.63, 3.8) is 0 Å². The zero-order valence-corrected chi connectivity index (χ0v) is 12.7. The second-order valence-corrected chi connectivity index (χ2v) is 5.00. The Morgan fingerprint density at radius 2 is 1.79 bits per heavy atom. The number of hydrogen-bond acceptors (Lipinski definition) is 4. The van der Waals surface area contributed by atoms with Gasteiger partial charge in [0.2, 0.25) is 11.7 Å². The molecular formula is C14H13F3N4O3. The van der Waals surface area contributed by atoms with E-state index in [1.807, 2.05) is 0 Å². The molecule has 0 atom stereocenters. The van der Waals surface area contributed by atoms with Gasteiger partial charge in [0.05, 0.1) is 0 Å². The van der Waals surface area contributed by atoms with E-state index in [0.29, 0.717) is 20.5 Å². The zero-order valence-electron chi connectivity index (χ0n) is 12.7. The number of ketones is 1. The quantitative estimate of drug-likeness (QED) is 0.852. The van der Waals surface area contributed by atoms with Gasteiger partial charge < -0.3 is 5.32 Å². The molecule has 2 aromatic rings. The van der Waals surface area contributed by atoms with Gasteiger partial charge in [0, 0.05) is 18.3 Å².